The zero-order valence-corrected chi connectivity index (χ0v) is 11.3. The highest BCUT2D eigenvalue weighted by atomic mass is 16.5. The lowest BCUT2D eigenvalue weighted by atomic mass is 10.1. The largest absolute Gasteiger partial charge is 0.491 e. The molecular weight excluding hydrogens is 230 g/mol. The molecule has 0 fully saturated rings. The molecule has 0 saturated heterocycles. The molecule has 1 aromatic carbocycles. The molecule has 2 N–H and O–H groups in total. The molecule has 0 aliphatic heterocycles. The van der Waals surface area contributed by atoms with Crippen LogP contribution in [0.2, 0.25) is 0 Å². The van der Waals surface area contributed by atoms with Gasteiger partial charge in [0.2, 0.25) is 0 Å². The van der Waals surface area contributed by atoms with Crippen molar-refractivity contribution in [3.63, 3.8) is 0 Å². The monoisotopic (exact) mass is 253 g/mol. The summed E-state index contributed by atoms with van der Waals surface area (Å²) in [5.74, 6) is 0.827. The molecule has 0 aromatic heterocycles. The zero-order valence-electron chi connectivity index (χ0n) is 11.3. The van der Waals surface area contributed by atoms with Crippen LogP contribution in [0.15, 0.2) is 24.3 Å². The van der Waals surface area contributed by atoms with Gasteiger partial charge in [0.05, 0.1) is 18.8 Å². The minimum Gasteiger partial charge on any atom is -0.491 e. The van der Waals surface area contributed by atoms with E-state index in [0.29, 0.717) is 13.2 Å². The Morgan fingerprint density at radius 1 is 1.22 bits per heavy atom. The maximum atomic E-state index is 9.95. The maximum Gasteiger partial charge on any atom is 0.119 e. The Morgan fingerprint density at radius 3 is 2.44 bits per heavy atom. The van der Waals surface area contributed by atoms with Gasteiger partial charge in [0, 0.05) is 20.2 Å². The molecule has 18 heavy (non-hydrogen) atoms. The lowest BCUT2D eigenvalue weighted by Gasteiger charge is -2.14. The Balaban J connectivity index is 2.41. The molecule has 1 unspecified atom stereocenters. The summed E-state index contributed by atoms with van der Waals surface area (Å²) >= 11 is 0. The van der Waals surface area contributed by atoms with Crippen LogP contribution < -0.4 is 10.1 Å². The van der Waals surface area contributed by atoms with Crippen molar-refractivity contribution in [2.45, 2.75) is 26.1 Å². The van der Waals surface area contributed by atoms with Crippen LogP contribution in [0.3, 0.4) is 0 Å². The van der Waals surface area contributed by atoms with Crippen molar-refractivity contribution in [1.82, 2.24) is 5.32 Å². The quantitative estimate of drug-likeness (QED) is 0.693. The summed E-state index contributed by atoms with van der Waals surface area (Å²) in [5.41, 5.74) is 0.885. The first kappa shape index (κ1) is 15.0. The molecule has 1 rings (SSSR count). The molecule has 0 amide bonds. The standard InChI is InChI=1S/C14H23NO3/c1-11(2)18-13-6-4-12(5-7-13)14(16)10-15-8-9-17-3/h4-7,11,14-16H,8-10H2,1-3H3. The number of rotatable bonds is 8. The topological polar surface area (TPSA) is 50.7 Å². The van der Waals surface area contributed by atoms with E-state index in [0.717, 1.165) is 17.9 Å². The average Bonchev–Trinajstić information content (AvgIpc) is 2.34. The highest BCUT2D eigenvalue weighted by molar-refractivity contribution is 5.28. The molecule has 0 bridgehead atoms. The van der Waals surface area contributed by atoms with E-state index in [9.17, 15) is 5.11 Å². The van der Waals surface area contributed by atoms with Crippen molar-refractivity contribution < 1.29 is 14.6 Å². The molecule has 0 aliphatic carbocycles. The normalized spacial score (nSPS) is 12.7. The van der Waals surface area contributed by atoms with Crippen LogP contribution in [-0.2, 0) is 4.74 Å². The smallest absolute Gasteiger partial charge is 0.119 e. The van der Waals surface area contributed by atoms with Crippen molar-refractivity contribution in [2.24, 2.45) is 0 Å². The van der Waals surface area contributed by atoms with E-state index < -0.39 is 6.10 Å². The molecule has 0 radical (unpaired) electrons. The van der Waals surface area contributed by atoms with Gasteiger partial charge in [-0.1, -0.05) is 12.1 Å². The molecule has 1 aromatic rings. The summed E-state index contributed by atoms with van der Waals surface area (Å²) in [7, 11) is 1.66. The fraction of sp³-hybridized carbons (Fsp3) is 0.571. The summed E-state index contributed by atoms with van der Waals surface area (Å²) in [6, 6.07) is 7.54. The highest BCUT2D eigenvalue weighted by Gasteiger charge is 2.07. The van der Waals surface area contributed by atoms with E-state index in [1.165, 1.54) is 0 Å². The number of methoxy groups -OCH3 is 1. The van der Waals surface area contributed by atoms with E-state index in [4.69, 9.17) is 9.47 Å². The van der Waals surface area contributed by atoms with Gasteiger partial charge >= 0.3 is 0 Å². The van der Waals surface area contributed by atoms with Crippen LogP contribution in [0, 0.1) is 0 Å². The Labute approximate surface area is 109 Å². The predicted octanol–water partition coefficient (Wildman–Crippen LogP) is 1.74. The third-order valence-electron chi connectivity index (χ3n) is 2.46. The second-order valence-electron chi connectivity index (χ2n) is 4.45. The summed E-state index contributed by atoms with van der Waals surface area (Å²) < 4.78 is 10.5. The zero-order chi connectivity index (χ0) is 13.4. The number of aliphatic hydroxyl groups is 1. The lowest BCUT2D eigenvalue weighted by molar-refractivity contribution is 0.161. The van der Waals surface area contributed by atoms with Gasteiger partial charge in [0.25, 0.3) is 0 Å². The minimum atomic E-state index is -0.505. The second-order valence-corrected chi connectivity index (χ2v) is 4.45. The van der Waals surface area contributed by atoms with Gasteiger partial charge in [-0.3, -0.25) is 0 Å². The molecule has 102 valence electrons. The van der Waals surface area contributed by atoms with Gasteiger partial charge in [-0.25, -0.2) is 0 Å². The Morgan fingerprint density at radius 2 is 1.89 bits per heavy atom. The first-order valence-electron chi connectivity index (χ1n) is 6.28. The minimum absolute atomic E-state index is 0.163. The van der Waals surface area contributed by atoms with Crippen molar-refractivity contribution >= 4 is 0 Å². The number of ether oxygens (including phenoxy) is 2. The van der Waals surface area contributed by atoms with Crippen molar-refractivity contribution in [3.05, 3.63) is 29.8 Å². The third kappa shape index (κ3) is 5.49. The molecule has 0 spiro atoms. The SMILES string of the molecule is COCCNCC(O)c1ccc(OC(C)C)cc1. The predicted molar refractivity (Wildman–Crippen MR) is 71.9 cm³/mol. The number of benzene rings is 1. The molecule has 4 nitrogen and oxygen atoms in total. The fourth-order valence-electron chi connectivity index (χ4n) is 1.57. The first-order valence-corrected chi connectivity index (χ1v) is 6.28. The number of hydrogen-bond donors (Lipinski definition) is 2. The van der Waals surface area contributed by atoms with Crippen molar-refractivity contribution in [2.75, 3.05) is 26.8 Å². The second kappa shape index (κ2) is 8.08. The summed E-state index contributed by atoms with van der Waals surface area (Å²) in [5, 5.41) is 13.1. The van der Waals surface area contributed by atoms with Crippen LogP contribution in [0.4, 0.5) is 0 Å². The van der Waals surface area contributed by atoms with Gasteiger partial charge in [-0.05, 0) is 31.5 Å². The molecule has 0 saturated carbocycles. The molecule has 1 atom stereocenters. The average molecular weight is 253 g/mol. The van der Waals surface area contributed by atoms with Crippen LogP contribution in [0.1, 0.15) is 25.5 Å². The number of aliphatic hydroxyl groups excluding tert-OH is 1. The summed E-state index contributed by atoms with van der Waals surface area (Å²) in [6.07, 6.45) is -0.341. The number of nitrogens with one attached hydrogen (secondary N) is 1. The fourth-order valence-corrected chi connectivity index (χ4v) is 1.57. The summed E-state index contributed by atoms with van der Waals surface area (Å²) in [4.78, 5) is 0. The third-order valence-corrected chi connectivity index (χ3v) is 2.46. The molecular formula is C14H23NO3. The van der Waals surface area contributed by atoms with Crippen molar-refractivity contribution in [1.29, 1.82) is 0 Å². The van der Waals surface area contributed by atoms with E-state index >= 15 is 0 Å². The Kier molecular flexibility index (Phi) is 6.72. The highest BCUT2D eigenvalue weighted by Crippen LogP contribution is 2.18. The van der Waals surface area contributed by atoms with Gasteiger partial charge in [0.1, 0.15) is 5.75 Å². The van der Waals surface area contributed by atoms with Gasteiger partial charge < -0.3 is 19.9 Å². The van der Waals surface area contributed by atoms with Crippen LogP contribution >= 0.6 is 0 Å². The van der Waals surface area contributed by atoms with Crippen molar-refractivity contribution in [3.8, 4) is 5.75 Å². The molecule has 4 heteroatoms. The van der Waals surface area contributed by atoms with E-state index in [1.807, 2.05) is 38.1 Å². The van der Waals surface area contributed by atoms with Gasteiger partial charge in [-0.15, -0.1) is 0 Å². The van der Waals surface area contributed by atoms with Crippen LogP contribution in [0.25, 0.3) is 0 Å². The van der Waals surface area contributed by atoms with Gasteiger partial charge in [0.15, 0.2) is 0 Å². The van der Waals surface area contributed by atoms with E-state index in [-0.39, 0.29) is 6.10 Å². The first-order chi connectivity index (χ1) is 8.63. The van der Waals surface area contributed by atoms with E-state index in [2.05, 4.69) is 5.32 Å². The maximum absolute atomic E-state index is 9.95. The summed E-state index contributed by atoms with van der Waals surface area (Å²) in [6.45, 7) is 5.88. The number of hydrogen-bond acceptors (Lipinski definition) is 4. The van der Waals surface area contributed by atoms with Crippen LogP contribution in [0.5, 0.6) is 5.75 Å². The molecule has 0 heterocycles. The van der Waals surface area contributed by atoms with E-state index in [1.54, 1.807) is 7.11 Å². The molecule has 0 aliphatic rings. The van der Waals surface area contributed by atoms with Crippen LogP contribution in [-0.4, -0.2) is 38.0 Å². The lowest BCUT2D eigenvalue weighted by Crippen LogP contribution is -2.24. The van der Waals surface area contributed by atoms with Gasteiger partial charge in [-0.2, -0.15) is 0 Å². The Hall–Kier alpha value is -1.10. The Bertz CT molecular complexity index is 324.